The van der Waals surface area contributed by atoms with Crippen molar-refractivity contribution in [2.24, 2.45) is 10.7 Å². The largest absolute Gasteiger partial charge is 0.349 e. The second kappa shape index (κ2) is 8.39. The lowest BCUT2D eigenvalue weighted by molar-refractivity contribution is -0.123. The van der Waals surface area contributed by atoms with Crippen LogP contribution in [-0.4, -0.2) is 38.8 Å². The number of nitrogens with zero attached hydrogens (tertiary/aromatic N) is 1. The number of hydrogen-bond donors (Lipinski definition) is 3. The summed E-state index contributed by atoms with van der Waals surface area (Å²) in [5, 5.41) is 3.13. The van der Waals surface area contributed by atoms with E-state index in [1.54, 1.807) is 24.3 Å². The van der Waals surface area contributed by atoms with Crippen LogP contribution in [0.4, 0.5) is 0 Å². The molecular weight excluding hydrogens is 364 g/mol. The molecule has 4 N–H and O–H groups in total. The molecule has 1 fully saturated rings. The molecule has 0 aromatic heterocycles. The molecule has 0 unspecified atom stereocenters. The normalized spacial score (nSPS) is 21.0. The van der Waals surface area contributed by atoms with Crippen LogP contribution in [0.1, 0.15) is 56.9 Å². The number of hydrogen-bond acceptors (Lipinski definition) is 5. The zero-order chi connectivity index (χ0) is 19.3. The number of nitrogens with two attached hydrogens (primary N) is 1. The molecule has 1 aliphatic carbocycles. The second-order valence-electron chi connectivity index (χ2n) is 7.38. The number of sulfonamides is 1. The van der Waals surface area contributed by atoms with Gasteiger partial charge < -0.3 is 11.1 Å². The van der Waals surface area contributed by atoms with Gasteiger partial charge in [0.05, 0.1) is 10.4 Å². The predicted molar refractivity (Wildman–Crippen MR) is 105 cm³/mol. The maximum absolute atomic E-state index is 12.1. The summed E-state index contributed by atoms with van der Waals surface area (Å²) in [5.41, 5.74) is 6.29. The molecule has 1 aliphatic heterocycles. The Kier molecular flexibility index (Phi) is 6.16. The topological polar surface area (TPSA) is 114 Å². The van der Waals surface area contributed by atoms with E-state index in [0.29, 0.717) is 30.9 Å². The van der Waals surface area contributed by atoms with Crippen molar-refractivity contribution in [1.82, 2.24) is 10.0 Å². The highest BCUT2D eigenvalue weighted by molar-refractivity contribution is 7.90. The zero-order valence-electron chi connectivity index (χ0n) is 15.5. The fraction of sp³-hybridized carbons (Fsp3) is 0.579. The fourth-order valence-corrected chi connectivity index (χ4v) is 5.06. The first-order valence-corrected chi connectivity index (χ1v) is 11.1. The minimum Gasteiger partial charge on any atom is -0.349 e. The molecule has 1 amide bonds. The van der Waals surface area contributed by atoms with Crippen LogP contribution < -0.4 is 15.8 Å². The third-order valence-corrected chi connectivity index (χ3v) is 6.75. The molecule has 3 rings (SSSR count). The lowest BCUT2D eigenvalue weighted by Gasteiger charge is -2.28. The third-order valence-electron chi connectivity index (χ3n) is 5.35. The summed E-state index contributed by atoms with van der Waals surface area (Å²) in [5.74, 6) is 0.487. The zero-order valence-corrected chi connectivity index (χ0v) is 16.4. The Morgan fingerprint density at radius 1 is 1.19 bits per heavy atom. The highest BCUT2D eigenvalue weighted by Gasteiger charge is 2.33. The van der Waals surface area contributed by atoms with E-state index in [9.17, 15) is 13.2 Å². The number of amides is 1. The van der Waals surface area contributed by atoms with E-state index in [-0.39, 0.29) is 16.3 Å². The van der Waals surface area contributed by atoms with Gasteiger partial charge in [0.25, 0.3) is 10.0 Å². The van der Waals surface area contributed by atoms with Gasteiger partial charge in [-0.15, -0.1) is 0 Å². The quantitative estimate of drug-likeness (QED) is 0.584. The minimum atomic E-state index is -3.48. The number of amidine groups is 1. The molecule has 0 spiro atoms. The average molecular weight is 393 g/mol. The monoisotopic (exact) mass is 392 g/mol. The molecule has 148 valence electrons. The van der Waals surface area contributed by atoms with E-state index < -0.39 is 10.0 Å². The van der Waals surface area contributed by atoms with Crippen LogP contribution in [0.3, 0.4) is 0 Å². The van der Waals surface area contributed by atoms with E-state index in [0.717, 1.165) is 44.9 Å². The molecule has 27 heavy (non-hydrogen) atoms. The third kappa shape index (κ3) is 4.68. The average Bonchev–Trinajstić information content (AvgIpc) is 3.21. The first-order chi connectivity index (χ1) is 13.0. The van der Waals surface area contributed by atoms with E-state index in [1.807, 2.05) is 0 Å². The van der Waals surface area contributed by atoms with E-state index in [1.165, 1.54) is 0 Å². The second-order valence-corrected chi connectivity index (χ2v) is 9.03. The molecule has 1 saturated carbocycles. The van der Waals surface area contributed by atoms with Gasteiger partial charge in [-0.2, -0.15) is 0 Å². The van der Waals surface area contributed by atoms with Crippen LogP contribution in [0.25, 0.3) is 0 Å². The van der Waals surface area contributed by atoms with E-state index in [2.05, 4.69) is 15.0 Å². The molecular formula is C19H28N4O3S. The molecule has 1 aromatic carbocycles. The molecule has 2 aliphatic rings. The molecule has 1 heterocycles. The van der Waals surface area contributed by atoms with Gasteiger partial charge in [-0.05, 0) is 37.8 Å². The molecule has 0 atom stereocenters. The number of unbranched alkanes of at least 4 members (excludes halogenated alkanes) is 2. The minimum absolute atomic E-state index is 0.0751. The molecule has 8 heteroatoms. The van der Waals surface area contributed by atoms with Crippen LogP contribution in [0, 0.1) is 0 Å². The van der Waals surface area contributed by atoms with E-state index >= 15 is 0 Å². The first-order valence-electron chi connectivity index (χ1n) is 9.64. The van der Waals surface area contributed by atoms with Gasteiger partial charge in [0.2, 0.25) is 5.91 Å². The van der Waals surface area contributed by atoms with Crippen LogP contribution >= 0.6 is 0 Å². The molecule has 1 aromatic rings. The summed E-state index contributed by atoms with van der Waals surface area (Å²) in [6.07, 6.45) is 7.17. The first kappa shape index (κ1) is 19.8. The highest BCUT2D eigenvalue weighted by Crippen LogP contribution is 2.28. The smallest absolute Gasteiger partial charge is 0.263 e. The van der Waals surface area contributed by atoms with Gasteiger partial charge in [0.15, 0.2) is 0 Å². The number of fused-ring (bicyclic) bond motifs is 1. The highest BCUT2D eigenvalue weighted by atomic mass is 32.2. The number of carbonyl (C=O) groups excluding carboxylic acids is 1. The Morgan fingerprint density at radius 3 is 2.67 bits per heavy atom. The summed E-state index contributed by atoms with van der Waals surface area (Å²) in [4.78, 5) is 16.8. The molecule has 7 nitrogen and oxygen atoms in total. The maximum Gasteiger partial charge on any atom is 0.263 e. The van der Waals surface area contributed by atoms with Gasteiger partial charge in [-0.3, -0.25) is 14.5 Å². The van der Waals surface area contributed by atoms with Crippen molar-refractivity contribution in [2.75, 3.05) is 13.1 Å². The van der Waals surface area contributed by atoms with Crippen molar-refractivity contribution in [3.05, 3.63) is 29.8 Å². The Morgan fingerprint density at radius 2 is 1.93 bits per heavy atom. The lowest BCUT2D eigenvalue weighted by Crippen LogP contribution is -2.51. The maximum atomic E-state index is 12.1. The Hall–Kier alpha value is -1.93. The van der Waals surface area contributed by atoms with Crippen molar-refractivity contribution >= 4 is 21.8 Å². The summed E-state index contributed by atoms with van der Waals surface area (Å²) in [6, 6.07) is 6.84. The summed E-state index contributed by atoms with van der Waals surface area (Å²) in [6.45, 7) is 1.04. The number of aliphatic imine (C=N–C) groups is 1. The summed E-state index contributed by atoms with van der Waals surface area (Å²) < 4.78 is 26.5. The van der Waals surface area contributed by atoms with Gasteiger partial charge in [-0.25, -0.2) is 8.42 Å². The summed E-state index contributed by atoms with van der Waals surface area (Å²) >= 11 is 0. The van der Waals surface area contributed by atoms with Crippen LogP contribution in [0.5, 0.6) is 0 Å². The number of benzene rings is 1. The van der Waals surface area contributed by atoms with Crippen molar-refractivity contribution in [2.45, 2.75) is 61.8 Å². The molecule has 0 bridgehead atoms. The van der Waals surface area contributed by atoms with Crippen LogP contribution in [0.2, 0.25) is 0 Å². The van der Waals surface area contributed by atoms with Gasteiger partial charge in [-0.1, -0.05) is 31.4 Å². The Labute approximate surface area is 160 Å². The van der Waals surface area contributed by atoms with E-state index in [4.69, 9.17) is 5.73 Å². The van der Waals surface area contributed by atoms with Gasteiger partial charge in [0, 0.05) is 25.1 Å². The SMILES string of the molecule is NCC1(NC(=O)CCCCCN=C2NS(=O)(=O)c3ccccc32)CCCC1. The number of carbonyl (C=O) groups is 1. The van der Waals surface area contributed by atoms with Gasteiger partial charge >= 0.3 is 0 Å². The number of rotatable bonds is 8. The predicted octanol–water partition coefficient (Wildman–Crippen LogP) is 1.67. The Bertz CT molecular complexity index is 814. The van der Waals surface area contributed by atoms with Crippen molar-refractivity contribution in [3.63, 3.8) is 0 Å². The lowest BCUT2D eigenvalue weighted by atomic mass is 9.97. The number of nitrogens with one attached hydrogen (secondary N) is 2. The summed E-state index contributed by atoms with van der Waals surface area (Å²) in [7, 11) is -3.48. The standard InChI is InChI=1S/C19H28N4O3S/c20-14-19(11-5-6-12-19)22-17(24)10-2-1-7-13-21-18-15-8-3-4-9-16(15)27(25,26)23-18/h3-4,8-9H,1-2,5-7,10-14,20H2,(H,21,23)(H,22,24). The van der Waals surface area contributed by atoms with Crippen LogP contribution in [0.15, 0.2) is 34.2 Å². The molecule has 0 radical (unpaired) electrons. The van der Waals surface area contributed by atoms with Gasteiger partial charge in [0.1, 0.15) is 5.84 Å². The van der Waals surface area contributed by atoms with Crippen molar-refractivity contribution < 1.29 is 13.2 Å². The fourth-order valence-electron chi connectivity index (χ4n) is 3.81. The van der Waals surface area contributed by atoms with Crippen molar-refractivity contribution in [1.29, 1.82) is 0 Å². The Balaban J connectivity index is 1.40. The van der Waals surface area contributed by atoms with Crippen LogP contribution in [-0.2, 0) is 14.8 Å². The van der Waals surface area contributed by atoms with Crippen molar-refractivity contribution in [3.8, 4) is 0 Å². The molecule has 0 saturated heterocycles.